The average molecular weight is 345 g/mol. The second kappa shape index (κ2) is 6.29. The van der Waals surface area contributed by atoms with Gasteiger partial charge in [-0.3, -0.25) is 4.79 Å². The molecule has 2 bridgehead atoms. The van der Waals surface area contributed by atoms with Crippen LogP contribution < -0.4 is 12.4 Å². The first-order valence-corrected chi connectivity index (χ1v) is 8.12. The number of carbonyl (C=O) groups excluding carboxylic acids is 1. The molecule has 3 atom stereocenters. The Morgan fingerprint density at radius 3 is 2.20 bits per heavy atom. The zero-order valence-electron chi connectivity index (χ0n) is 12.2. The van der Waals surface area contributed by atoms with E-state index in [2.05, 4.69) is 13.8 Å². The standard InChI is InChI=1S/C14H24Cl2NO2.ClH/c1-13-4-3-11(9-12(13)18)14(13,2)10-17(19,7-5-15)8-6-16;/h11,19H,3-10H2,1-2H3;1H/q+1;/p-1. The molecule has 0 aromatic rings. The first-order chi connectivity index (χ1) is 8.81. The van der Waals surface area contributed by atoms with Crippen molar-refractivity contribution in [3.63, 3.8) is 0 Å². The van der Waals surface area contributed by atoms with Crippen LogP contribution in [0.3, 0.4) is 0 Å². The molecular formula is C14H24Cl3NO2. The molecule has 2 saturated carbocycles. The van der Waals surface area contributed by atoms with Gasteiger partial charge in [0.15, 0.2) is 0 Å². The van der Waals surface area contributed by atoms with E-state index in [9.17, 15) is 10.0 Å². The number of hydrogen-bond donors (Lipinski definition) is 1. The van der Waals surface area contributed by atoms with E-state index in [1.807, 2.05) is 0 Å². The Morgan fingerprint density at radius 1 is 1.30 bits per heavy atom. The highest BCUT2D eigenvalue weighted by Crippen LogP contribution is 2.64. The summed E-state index contributed by atoms with van der Waals surface area (Å²) >= 11 is 11.6. The van der Waals surface area contributed by atoms with Gasteiger partial charge in [0.2, 0.25) is 0 Å². The third-order valence-electron chi connectivity index (χ3n) is 5.83. The fraction of sp³-hybridized carbons (Fsp3) is 0.929. The van der Waals surface area contributed by atoms with Gasteiger partial charge in [-0.1, -0.05) is 13.8 Å². The smallest absolute Gasteiger partial charge is 0.139 e. The van der Waals surface area contributed by atoms with Crippen LogP contribution in [-0.4, -0.2) is 47.0 Å². The van der Waals surface area contributed by atoms with Gasteiger partial charge in [0.1, 0.15) is 25.4 Å². The summed E-state index contributed by atoms with van der Waals surface area (Å²) in [5, 5.41) is 10.8. The Hall–Kier alpha value is 0.460. The van der Waals surface area contributed by atoms with E-state index in [4.69, 9.17) is 23.2 Å². The molecule has 0 amide bonds. The van der Waals surface area contributed by atoms with Crippen molar-refractivity contribution in [3.05, 3.63) is 0 Å². The minimum atomic E-state index is -0.275. The number of hydrogen-bond acceptors (Lipinski definition) is 2. The van der Waals surface area contributed by atoms with Crippen molar-refractivity contribution in [1.82, 2.24) is 0 Å². The highest BCUT2D eigenvalue weighted by atomic mass is 35.5. The first-order valence-electron chi connectivity index (χ1n) is 7.05. The van der Waals surface area contributed by atoms with Gasteiger partial charge in [0.05, 0.1) is 11.8 Å². The summed E-state index contributed by atoms with van der Waals surface area (Å²) < 4.78 is -0.108. The molecule has 1 N–H and O–H groups in total. The number of fused-ring (bicyclic) bond motifs is 2. The summed E-state index contributed by atoms with van der Waals surface area (Å²) in [4.78, 5) is 12.2. The second-order valence-corrected chi connectivity index (χ2v) is 7.45. The lowest BCUT2D eigenvalue weighted by atomic mass is 9.68. The number of rotatable bonds is 6. The minimum Gasteiger partial charge on any atom is -1.00 e. The van der Waals surface area contributed by atoms with Crippen LogP contribution in [0.25, 0.3) is 0 Å². The van der Waals surface area contributed by atoms with Gasteiger partial charge < -0.3 is 12.4 Å². The van der Waals surface area contributed by atoms with E-state index in [0.29, 0.717) is 49.5 Å². The molecule has 2 aliphatic rings. The van der Waals surface area contributed by atoms with E-state index in [1.54, 1.807) is 0 Å². The molecule has 3 unspecified atom stereocenters. The van der Waals surface area contributed by atoms with Gasteiger partial charge in [0.25, 0.3) is 0 Å². The summed E-state index contributed by atoms with van der Waals surface area (Å²) in [6.07, 6.45) is 2.73. The lowest BCUT2D eigenvalue weighted by molar-refractivity contribution is -1.10. The van der Waals surface area contributed by atoms with Gasteiger partial charge in [0, 0.05) is 17.3 Å². The van der Waals surface area contributed by atoms with Crippen LogP contribution in [-0.2, 0) is 4.79 Å². The monoisotopic (exact) mass is 343 g/mol. The molecule has 0 saturated heterocycles. The first kappa shape index (κ1) is 18.5. The Kier molecular flexibility index (Phi) is 5.82. The third-order valence-corrected chi connectivity index (χ3v) is 6.16. The van der Waals surface area contributed by atoms with E-state index in [1.165, 1.54) is 0 Å². The fourth-order valence-electron chi connectivity index (χ4n) is 4.25. The predicted octanol–water partition coefficient (Wildman–Crippen LogP) is 0.0694. The second-order valence-electron chi connectivity index (χ2n) is 6.69. The molecule has 0 spiro atoms. The van der Waals surface area contributed by atoms with Crippen LogP contribution in [0.2, 0.25) is 0 Å². The Morgan fingerprint density at radius 2 is 1.85 bits per heavy atom. The van der Waals surface area contributed by atoms with E-state index < -0.39 is 0 Å². The maximum absolute atomic E-state index is 12.2. The molecule has 6 heteroatoms. The van der Waals surface area contributed by atoms with Crippen molar-refractivity contribution in [2.75, 3.05) is 31.4 Å². The van der Waals surface area contributed by atoms with Crippen LogP contribution in [0.15, 0.2) is 0 Å². The van der Waals surface area contributed by atoms with Gasteiger partial charge in [-0.05, 0) is 18.8 Å². The summed E-state index contributed by atoms with van der Waals surface area (Å²) in [5.41, 5.74) is -0.403. The summed E-state index contributed by atoms with van der Waals surface area (Å²) in [6.45, 7) is 5.80. The molecule has 0 heterocycles. The van der Waals surface area contributed by atoms with Gasteiger partial charge in [-0.2, -0.15) is 4.65 Å². The number of hydroxylamine groups is 3. The largest absolute Gasteiger partial charge is 1.00 e. The summed E-state index contributed by atoms with van der Waals surface area (Å²) in [6, 6.07) is 0. The highest BCUT2D eigenvalue weighted by molar-refractivity contribution is 6.18. The normalized spacial score (nSPS) is 36.2. The number of quaternary nitrogens is 1. The molecule has 3 nitrogen and oxygen atoms in total. The maximum atomic E-state index is 12.2. The molecule has 20 heavy (non-hydrogen) atoms. The predicted molar refractivity (Wildman–Crippen MR) is 76.6 cm³/mol. The number of alkyl halides is 2. The molecule has 2 fully saturated rings. The quantitative estimate of drug-likeness (QED) is 0.421. The van der Waals surface area contributed by atoms with E-state index >= 15 is 0 Å². The maximum Gasteiger partial charge on any atom is 0.139 e. The van der Waals surface area contributed by atoms with Crippen molar-refractivity contribution in [2.24, 2.45) is 16.7 Å². The minimum absolute atomic E-state index is 0. The zero-order chi connectivity index (χ0) is 14.3. The van der Waals surface area contributed by atoms with E-state index in [-0.39, 0.29) is 27.9 Å². The Balaban J connectivity index is 0.00000200. The lowest BCUT2D eigenvalue weighted by Crippen LogP contribution is -3.00. The van der Waals surface area contributed by atoms with Crippen molar-refractivity contribution in [2.45, 2.75) is 33.1 Å². The fourth-order valence-corrected chi connectivity index (χ4v) is 4.88. The highest BCUT2D eigenvalue weighted by Gasteiger charge is 2.66. The van der Waals surface area contributed by atoms with Gasteiger partial charge >= 0.3 is 0 Å². The summed E-state index contributed by atoms with van der Waals surface area (Å²) in [7, 11) is 0. The topological polar surface area (TPSA) is 37.3 Å². The van der Waals surface area contributed by atoms with Crippen LogP contribution >= 0.6 is 23.2 Å². The van der Waals surface area contributed by atoms with Crippen LogP contribution in [0, 0.1) is 16.7 Å². The number of Topliss-reactive ketones (excluding diaryl/α,β-unsaturated/α-hetero) is 1. The Bertz CT molecular complexity index is 373. The van der Waals surface area contributed by atoms with Crippen molar-refractivity contribution in [3.8, 4) is 0 Å². The molecular weight excluding hydrogens is 321 g/mol. The number of ketones is 1. The van der Waals surface area contributed by atoms with Crippen LogP contribution in [0.4, 0.5) is 0 Å². The average Bonchev–Trinajstić information content (AvgIpc) is 2.63. The molecule has 0 aromatic carbocycles. The van der Waals surface area contributed by atoms with Crippen molar-refractivity contribution >= 4 is 29.0 Å². The molecule has 2 rings (SSSR count). The van der Waals surface area contributed by atoms with Gasteiger partial charge in [-0.15, -0.1) is 23.2 Å². The van der Waals surface area contributed by atoms with Crippen molar-refractivity contribution < 1.29 is 27.1 Å². The number of carbonyl (C=O) groups is 1. The molecule has 118 valence electrons. The van der Waals surface area contributed by atoms with Crippen molar-refractivity contribution in [1.29, 1.82) is 0 Å². The lowest BCUT2D eigenvalue weighted by Gasteiger charge is -2.42. The third kappa shape index (κ3) is 2.72. The SMILES string of the molecule is CC12CCC(CC1=O)C2(C)C[N+](O)(CCCl)CCCl.[Cl-]. The van der Waals surface area contributed by atoms with Crippen LogP contribution in [0.5, 0.6) is 0 Å². The number of nitrogens with zero attached hydrogens (tertiary/aromatic N) is 1. The van der Waals surface area contributed by atoms with Gasteiger partial charge in [-0.25, -0.2) is 5.21 Å². The molecule has 0 aromatic heterocycles. The molecule has 2 aliphatic carbocycles. The van der Waals surface area contributed by atoms with Crippen LogP contribution in [0.1, 0.15) is 33.1 Å². The summed E-state index contributed by atoms with van der Waals surface area (Å²) in [5.74, 6) is 1.58. The molecule has 0 radical (unpaired) electrons. The Labute approximate surface area is 137 Å². The van der Waals surface area contributed by atoms with E-state index in [0.717, 1.165) is 12.8 Å². The molecule has 0 aliphatic heterocycles. The zero-order valence-corrected chi connectivity index (χ0v) is 14.4. The number of halogens is 3.